The van der Waals surface area contributed by atoms with E-state index in [9.17, 15) is 13.2 Å². The zero-order chi connectivity index (χ0) is 19.5. The van der Waals surface area contributed by atoms with Crippen LogP contribution in [0.25, 0.3) is 0 Å². The molecule has 6 nitrogen and oxygen atoms in total. The van der Waals surface area contributed by atoms with Crippen LogP contribution in [0.2, 0.25) is 0 Å². The lowest BCUT2D eigenvalue weighted by Gasteiger charge is -2.31. The Kier molecular flexibility index (Phi) is 6.82. The maximum Gasteiger partial charge on any atom is 0.251 e. The molecule has 1 aromatic carbocycles. The fourth-order valence-corrected chi connectivity index (χ4v) is 4.78. The molecule has 0 aliphatic carbocycles. The second-order valence-corrected chi connectivity index (χ2v) is 9.66. The molecular weight excluding hydrogens is 350 g/mol. The Labute approximate surface area is 157 Å². The van der Waals surface area contributed by atoms with Crippen LogP contribution in [0.15, 0.2) is 29.2 Å². The van der Waals surface area contributed by atoms with Gasteiger partial charge < -0.3 is 10.2 Å². The predicted octanol–water partition coefficient (Wildman–Crippen LogP) is 2.03. The molecule has 1 amide bonds. The normalized spacial score (nSPS) is 17.2. The van der Waals surface area contributed by atoms with Crippen molar-refractivity contribution in [2.75, 3.05) is 33.2 Å². The second kappa shape index (κ2) is 8.50. The quantitative estimate of drug-likeness (QED) is 0.819. The van der Waals surface area contributed by atoms with E-state index >= 15 is 0 Å². The number of benzene rings is 1. The highest BCUT2D eigenvalue weighted by molar-refractivity contribution is 7.89. The summed E-state index contributed by atoms with van der Waals surface area (Å²) in [4.78, 5) is 14.9. The van der Waals surface area contributed by atoms with Gasteiger partial charge in [0.25, 0.3) is 5.91 Å². The highest BCUT2D eigenvalue weighted by Gasteiger charge is 2.28. The van der Waals surface area contributed by atoms with Gasteiger partial charge in [0.05, 0.1) is 4.90 Å². The predicted molar refractivity (Wildman–Crippen MR) is 104 cm³/mol. The molecule has 146 valence electrons. The van der Waals surface area contributed by atoms with Crippen molar-refractivity contribution in [3.05, 3.63) is 29.8 Å². The lowest BCUT2D eigenvalue weighted by molar-refractivity contribution is 0.0910. The summed E-state index contributed by atoms with van der Waals surface area (Å²) in [6, 6.07) is 6.39. The first-order chi connectivity index (χ1) is 12.1. The van der Waals surface area contributed by atoms with E-state index in [4.69, 9.17) is 0 Å². The molecule has 0 unspecified atom stereocenters. The van der Waals surface area contributed by atoms with Crippen molar-refractivity contribution in [2.24, 2.45) is 11.8 Å². The van der Waals surface area contributed by atoms with Gasteiger partial charge >= 0.3 is 0 Å². The van der Waals surface area contributed by atoms with Crippen LogP contribution in [-0.4, -0.2) is 62.8 Å². The van der Waals surface area contributed by atoms with Crippen LogP contribution >= 0.6 is 0 Å². The molecule has 0 bridgehead atoms. The smallest absolute Gasteiger partial charge is 0.251 e. The van der Waals surface area contributed by atoms with E-state index in [0.717, 1.165) is 0 Å². The molecule has 1 aliphatic rings. The molecule has 0 radical (unpaired) electrons. The number of hydrogen-bond donors (Lipinski definition) is 1. The molecule has 26 heavy (non-hydrogen) atoms. The third-order valence-electron chi connectivity index (χ3n) is 4.93. The summed E-state index contributed by atoms with van der Waals surface area (Å²) in [5, 5.41) is 3.04. The molecule has 1 saturated heterocycles. The molecule has 0 spiro atoms. The molecule has 1 N–H and O–H groups in total. The van der Waals surface area contributed by atoms with Crippen LogP contribution < -0.4 is 5.32 Å². The maximum absolute atomic E-state index is 12.9. The Hall–Kier alpha value is -1.44. The molecule has 0 aromatic heterocycles. The monoisotopic (exact) mass is 381 g/mol. The van der Waals surface area contributed by atoms with Gasteiger partial charge in [-0.2, -0.15) is 4.31 Å². The van der Waals surface area contributed by atoms with Crippen molar-refractivity contribution >= 4 is 15.9 Å². The Morgan fingerprint density at radius 2 is 1.62 bits per heavy atom. The van der Waals surface area contributed by atoms with Gasteiger partial charge in [-0.15, -0.1) is 0 Å². The highest BCUT2D eigenvalue weighted by atomic mass is 32.2. The minimum absolute atomic E-state index is 0.0420. The number of likely N-dealkylation sites (N-methyl/N-ethyl adjacent to an activating group) is 1. The summed E-state index contributed by atoms with van der Waals surface area (Å²) < 4.78 is 27.3. The molecule has 1 aliphatic heterocycles. The summed E-state index contributed by atoms with van der Waals surface area (Å²) in [6.45, 7) is 10.6. The topological polar surface area (TPSA) is 69.7 Å². The van der Waals surface area contributed by atoms with Crippen LogP contribution in [0.4, 0.5) is 0 Å². The lowest BCUT2D eigenvalue weighted by atomic mass is 9.93. The van der Waals surface area contributed by atoms with Gasteiger partial charge in [0, 0.05) is 37.8 Å². The van der Waals surface area contributed by atoms with E-state index in [1.165, 1.54) is 10.4 Å². The van der Waals surface area contributed by atoms with Gasteiger partial charge in [-0.25, -0.2) is 8.42 Å². The Bertz CT molecular complexity index is 715. The first-order valence-corrected chi connectivity index (χ1v) is 10.7. The fourth-order valence-electron chi connectivity index (χ4n) is 3.31. The van der Waals surface area contributed by atoms with E-state index in [0.29, 0.717) is 43.6 Å². The van der Waals surface area contributed by atoms with E-state index in [1.807, 2.05) is 7.05 Å². The van der Waals surface area contributed by atoms with Crippen molar-refractivity contribution in [1.29, 1.82) is 0 Å². The molecule has 1 fully saturated rings. The molecule has 7 heteroatoms. The van der Waals surface area contributed by atoms with E-state index in [1.54, 1.807) is 18.2 Å². The number of hydrogen-bond acceptors (Lipinski definition) is 4. The number of nitrogens with one attached hydrogen (secondary N) is 1. The van der Waals surface area contributed by atoms with Crippen LogP contribution in [0.1, 0.15) is 38.1 Å². The highest BCUT2D eigenvalue weighted by Crippen LogP contribution is 2.19. The minimum atomic E-state index is -3.58. The molecule has 0 atom stereocenters. The largest absolute Gasteiger partial charge is 0.349 e. The first kappa shape index (κ1) is 20.9. The summed E-state index contributed by atoms with van der Waals surface area (Å²) in [5.41, 5.74) is 0.381. The summed E-state index contributed by atoms with van der Waals surface area (Å²) in [6.07, 6.45) is 0. The van der Waals surface area contributed by atoms with Crippen molar-refractivity contribution in [2.45, 2.75) is 38.6 Å². The van der Waals surface area contributed by atoms with E-state index in [-0.39, 0.29) is 16.8 Å². The third-order valence-corrected chi connectivity index (χ3v) is 6.83. The standard InChI is InChI=1S/C19H31N3O3S/c1-14(2)18(15(3)4)20-19(23)16-7-6-8-17(13-16)26(24,25)22-11-9-21(5)10-12-22/h6-8,13-15,18H,9-12H2,1-5H3,(H,20,23). The lowest BCUT2D eigenvalue weighted by Crippen LogP contribution is -2.47. The van der Waals surface area contributed by atoms with E-state index < -0.39 is 10.0 Å². The van der Waals surface area contributed by atoms with Crippen molar-refractivity contribution in [3.63, 3.8) is 0 Å². The van der Waals surface area contributed by atoms with Gasteiger partial charge in [-0.05, 0) is 37.1 Å². The van der Waals surface area contributed by atoms with Gasteiger partial charge in [-0.3, -0.25) is 4.79 Å². The average molecular weight is 382 g/mol. The number of sulfonamides is 1. The first-order valence-electron chi connectivity index (χ1n) is 9.22. The molecule has 0 saturated carbocycles. The van der Waals surface area contributed by atoms with E-state index in [2.05, 4.69) is 37.9 Å². The van der Waals surface area contributed by atoms with Gasteiger partial charge in [0.1, 0.15) is 0 Å². The summed E-state index contributed by atoms with van der Waals surface area (Å²) in [5.74, 6) is 0.375. The maximum atomic E-state index is 12.9. The number of carbonyl (C=O) groups is 1. The number of nitrogens with zero attached hydrogens (tertiary/aromatic N) is 2. The Morgan fingerprint density at radius 3 is 2.15 bits per heavy atom. The van der Waals surface area contributed by atoms with Crippen molar-refractivity contribution in [1.82, 2.24) is 14.5 Å². The van der Waals surface area contributed by atoms with Crippen LogP contribution in [0.5, 0.6) is 0 Å². The van der Waals surface area contributed by atoms with Gasteiger partial charge in [0.2, 0.25) is 10.0 Å². The third kappa shape index (κ3) is 4.84. The number of carbonyl (C=O) groups excluding carboxylic acids is 1. The van der Waals surface area contributed by atoms with Crippen LogP contribution in [0, 0.1) is 11.8 Å². The zero-order valence-electron chi connectivity index (χ0n) is 16.4. The van der Waals surface area contributed by atoms with Crippen molar-refractivity contribution in [3.8, 4) is 0 Å². The SMILES string of the molecule is CC(C)C(NC(=O)c1cccc(S(=O)(=O)N2CCN(C)CC2)c1)C(C)C. The second-order valence-electron chi connectivity index (χ2n) is 7.72. The minimum Gasteiger partial charge on any atom is -0.349 e. The summed E-state index contributed by atoms with van der Waals surface area (Å²) >= 11 is 0. The van der Waals surface area contributed by atoms with Crippen LogP contribution in [0.3, 0.4) is 0 Å². The molecular formula is C19H31N3O3S. The molecule has 2 rings (SSSR count). The zero-order valence-corrected chi connectivity index (χ0v) is 17.2. The van der Waals surface area contributed by atoms with Crippen molar-refractivity contribution < 1.29 is 13.2 Å². The number of rotatable bonds is 6. The molecule has 1 heterocycles. The van der Waals surface area contributed by atoms with Gasteiger partial charge in [0.15, 0.2) is 0 Å². The molecule has 1 aromatic rings. The number of piperazine rings is 1. The summed E-state index contributed by atoms with van der Waals surface area (Å²) in [7, 11) is -1.60. The number of amides is 1. The fraction of sp³-hybridized carbons (Fsp3) is 0.632. The van der Waals surface area contributed by atoms with Crippen LogP contribution in [-0.2, 0) is 10.0 Å². The Morgan fingerprint density at radius 1 is 1.04 bits per heavy atom. The average Bonchev–Trinajstić information content (AvgIpc) is 2.59. The Balaban J connectivity index is 2.20. The van der Waals surface area contributed by atoms with Gasteiger partial charge in [-0.1, -0.05) is 33.8 Å².